The molecule has 3 rings (SSSR count). The zero-order valence-electron chi connectivity index (χ0n) is 22.1. The lowest BCUT2D eigenvalue weighted by Gasteiger charge is -2.34. The number of aliphatic hydroxyl groups excluding tert-OH is 2. The van der Waals surface area contributed by atoms with Crippen molar-refractivity contribution in [2.24, 2.45) is 17.3 Å². The van der Waals surface area contributed by atoms with Crippen LogP contribution in [0, 0.1) is 24.2 Å². The molecule has 0 saturated carbocycles. The van der Waals surface area contributed by atoms with Gasteiger partial charge in [0.05, 0.1) is 52.5 Å². The summed E-state index contributed by atoms with van der Waals surface area (Å²) in [5.41, 5.74) is 0.410. The molecule has 8 heteroatoms. The summed E-state index contributed by atoms with van der Waals surface area (Å²) in [6.45, 7) is 13.0. The molecule has 0 bridgehead atoms. The molecule has 7 nitrogen and oxygen atoms in total. The number of nitrogens with zero attached hydrogens (tertiary/aromatic N) is 1. The minimum atomic E-state index is -1.17. The van der Waals surface area contributed by atoms with Gasteiger partial charge in [0.1, 0.15) is 5.78 Å². The second kappa shape index (κ2) is 10.8. The van der Waals surface area contributed by atoms with Gasteiger partial charge in [0.25, 0.3) is 0 Å². The Labute approximate surface area is 213 Å². The number of aryl methyl sites for hydroxylation is 1. The maximum absolute atomic E-state index is 13.2. The van der Waals surface area contributed by atoms with E-state index in [0.29, 0.717) is 6.42 Å². The number of thiazole rings is 1. The van der Waals surface area contributed by atoms with E-state index in [9.17, 15) is 19.8 Å². The SMILES string of the molecule is C/C(=C/c1csc(C)n1)[C@@H]1C[C@@H]2O[C@]2(C)CCC[C@H](C)[C@H](O)[C@@H](C)C(=O)C(C)(C)[C@@H](O)CC(=O)N1. The van der Waals surface area contributed by atoms with Crippen LogP contribution in [0.4, 0.5) is 0 Å². The molecule has 3 N–H and O–H groups in total. The van der Waals surface area contributed by atoms with Crippen molar-refractivity contribution < 1.29 is 24.5 Å². The van der Waals surface area contributed by atoms with Gasteiger partial charge in [-0.1, -0.05) is 34.1 Å². The number of ketones is 1. The van der Waals surface area contributed by atoms with Crippen molar-refractivity contribution >= 4 is 29.1 Å². The largest absolute Gasteiger partial charge is 0.392 e. The summed E-state index contributed by atoms with van der Waals surface area (Å²) in [5, 5.41) is 27.8. The van der Waals surface area contributed by atoms with Gasteiger partial charge in [0.15, 0.2) is 0 Å². The topological polar surface area (TPSA) is 112 Å². The molecule has 0 aromatic carbocycles. The average Bonchev–Trinajstić information content (AvgIpc) is 3.22. The summed E-state index contributed by atoms with van der Waals surface area (Å²) >= 11 is 1.58. The van der Waals surface area contributed by atoms with Gasteiger partial charge >= 0.3 is 0 Å². The van der Waals surface area contributed by atoms with E-state index in [1.807, 2.05) is 32.2 Å². The predicted octanol–water partition coefficient (Wildman–Crippen LogP) is 4.05. The molecule has 3 heterocycles. The number of carbonyl (C=O) groups is 2. The first kappa shape index (κ1) is 28.0. The molecule has 0 aliphatic carbocycles. The number of hydrogen-bond donors (Lipinski definition) is 3. The Morgan fingerprint density at radius 2 is 1.94 bits per heavy atom. The number of nitrogens with one attached hydrogen (secondary N) is 1. The van der Waals surface area contributed by atoms with Gasteiger partial charge in [0.2, 0.25) is 5.91 Å². The molecule has 2 fully saturated rings. The van der Waals surface area contributed by atoms with Gasteiger partial charge in [-0.05, 0) is 51.2 Å². The van der Waals surface area contributed by atoms with Crippen LogP contribution in [0.1, 0.15) is 84.3 Å². The third-order valence-electron chi connectivity index (χ3n) is 8.07. The second-order valence-corrected chi connectivity index (χ2v) is 12.5. The molecular formula is C27H42N2O5S. The summed E-state index contributed by atoms with van der Waals surface area (Å²) in [4.78, 5) is 30.8. The molecule has 2 aliphatic rings. The molecular weight excluding hydrogens is 464 g/mol. The lowest BCUT2D eigenvalue weighted by atomic mass is 9.72. The maximum Gasteiger partial charge on any atom is 0.223 e. The van der Waals surface area contributed by atoms with Crippen LogP contribution < -0.4 is 5.32 Å². The molecule has 0 spiro atoms. The first-order valence-electron chi connectivity index (χ1n) is 12.7. The van der Waals surface area contributed by atoms with E-state index in [4.69, 9.17) is 4.74 Å². The molecule has 0 radical (unpaired) electrons. The molecule has 1 aromatic rings. The summed E-state index contributed by atoms with van der Waals surface area (Å²) in [6, 6.07) is -0.269. The van der Waals surface area contributed by atoms with Crippen molar-refractivity contribution in [1.82, 2.24) is 10.3 Å². The predicted molar refractivity (Wildman–Crippen MR) is 138 cm³/mol. The number of aromatic nitrogens is 1. The quantitative estimate of drug-likeness (QED) is 0.522. The zero-order chi connectivity index (χ0) is 26.1. The van der Waals surface area contributed by atoms with Crippen LogP contribution in [0.2, 0.25) is 0 Å². The average molecular weight is 507 g/mol. The summed E-state index contributed by atoms with van der Waals surface area (Å²) < 4.78 is 6.10. The summed E-state index contributed by atoms with van der Waals surface area (Å²) in [6.07, 6.45) is 2.99. The van der Waals surface area contributed by atoms with Crippen LogP contribution in [0.3, 0.4) is 0 Å². The van der Waals surface area contributed by atoms with Crippen molar-refractivity contribution in [2.75, 3.05) is 0 Å². The molecule has 0 unspecified atom stereocenters. The smallest absolute Gasteiger partial charge is 0.223 e. The minimum Gasteiger partial charge on any atom is -0.392 e. The lowest BCUT2D eigenvalue weighted by Crippen LogP contribution is -2.47. The highest BCUT2D eigenvalue weighted by Crippen LogP contribution is 2.44. The number of carbonyl (C=O) groups excluding carboxylic acids is 2. The number of Topliss-reactive ketones (excluding diaryl/α,β-unsaturated/α-hetero) is 1. The van der Waals surface area contributed by atoms with Crippen molar-refractivity contribution in [3.05, 3.63) is 21.7 Å². The molecule has 1 amide bonds. The number of aliphatic hydroxyl groups is 2. The Bertz CT molecular complexity index is 957. The van der Waals surface area contributed by atoms with Gasteiger partial charge < -0.3 is 20.3 Å². The maximum atomic E-state index is 13.2. The monoisotopic (exact) mass is 506 g/mol. The van der Waals surface area contributed by atoms with E-state index in [0.717, 1.165) is 35.5 Å². The van der Waals surface area contributed by atoms with E-state index in [-0.39, 0.29) is 41.8 Å². The van der Waals surface area contributed by atoms with Gasteiger partial charge in [-0.3, -0.25) is 9.59 Å². The van der Waals surface area contributed by atoms with Gasteiger partial charge in [-0.2, -0.15) is 0 Å². The highest BCUT2D eigenvalue weighted by Gasteiger charge is 2.52. The van der Waals surface area contributed by atoms with Crippen LogP contribution in [-0.4, -0.2) is 56.8 Å². The van der Waals surface area contributed by atoms with Crippen LogP contribution in [0.15, 0.2) is 11.0 Å². The minimum absolute atomic E-state index is 0.0170. The summed E-state index contributed by atoms with van der Waals surface area (Å²) in [7, 11) is 0. The highest BCUT2D eigenvalue weighted by molar-refractivity contribution is 7.09. The number of epoxide rings is 1. The van der Waals surface area contributed by atoms with Crippen LogP contribution in [0.5, 0.6) is 0 Å². The third kappa shape index (κ3) is 6.59. The fourth-order valence-corrected chi connectivity index (χ4v) is 5.76. The number of ether oxygens (including phenoxy) is 1. The van der Waals surface area contributed by atoms with Crippen molar-refractivity contribution in [1.29, 1.82) is 0 Å². The second-order valence-electron chi connectivity index (χ2n) is 11.4. The van der Waals surface area contributed by atoms with Gasteiger partial charge in [-0.25, -0.2) is 4.98 Å². The van der Waals surface area contributed by atoms with Gasteiger partial charge in [0, 0.05) is 17.7 Å². The van der Waals surface area contributed by atoms with E-state index < -0.39 is 23.5 Å². The molecule has 2 aliphatic heterocycles. The molecule has 2 saturated heterocycles. The van der Waals surface area contributed by atoms with Crippen LogP contribution >= 0.6 is 11.3 Å². The Balaban J connectivity index is 1.85. The molecule has 1 aromatic heterocycles. The highest BCUT2D eigenvalue weighted by atomic mass is 32.1. The van der Waals surface area contributed by atoms with Crippen molar-refractivity contribution in [2.45, 2.75) is 111 Å². The number of fused-ring (bicyclic) bond motifs is 1. The first-order chi connectivity index (χ1) is 16.2. The fraction of sp³-hybridized carbons (Fsp3) is 0.741. The van der Waals surface area contributed by atoms with E-state index in [1.165, 1.54) is 0 Å². The summed E-state index contributed by atoms with van der Waals surface area (Å²) in [5.74, 6) is -1.24. The number of rotatable bonds is 2. The van der Waals surface area contributed by atoms with Crippen LogP contribution in [0.25, 0.3) is 6.08 Å². The third-order valence-corrected chi connectivity index (χ3v) is 8.86. The van der Waals surface area contributed by atoms with Gasteiger partial charge in [-0.15, -0.1) is 11.3 Å². The van der Waals surface area contributed by atoms with E-state index in [2.05, 4.69) is 17.2 Å². The Morgan fingerprint density at radius 3 is 2.57 bits per heavy atom. The fourth-order valence-electron chi connectivity index (χ4n) is 5.19. The zero-order valence-corrected chi connectivity index (χ0v) is 22.9. The number of amides is 1. The lowest BCUT2D eigenvalue weighted by molar-refractivity contribution is -0.143. The number of hydrogen-bond acceptors (Lipinski definition) is 7. The standard InChI is InChI=1S/C27H42N2O5S/c1-15-9-8-10-27(7)22(34-27)12-20(16(2)11-19-14-35-18(4)28-19)29-23(31)13-21(30)26(5,6)25(33)17(3)24(15)32/h11,14-15,17,20-22,24,30,32H,8-10,12-13H2,1-7H3,(H,29,31)/b16-11-/t15-,17+,20-,21-,22-,24-,27+/m0/s1. The Kier molecular flexibility index (Phi) is 8.62. The first-order valence-corrected chi connectivity index (χ1v) is 13.6. The Morgan fingerprint density at radius 1 is 1.26 bits per heavy atom. The van der Waals surface area contributed by atoms with Crippen LogP contribution in [-0.2, 0) is 14.3 Å². The van der Waals surface area contributed by atoms with E-state index in [1.54, 1.807) is 32.1 Å². The Hall–Kier alpha value is -1.61. The normalized spacial score (nSPS) is 37.5. The molecule has 7 atom stereocenters. The molecule has 196 valence electrons. The van der Waals surface area contributed by atoms with E-state index >= 15 is 0 Å². The van der Waals surface area contributed by atoms with Crippen molar-refractivity contribution in [3.8, 4) is 0 Å². The van der Waals surface area contributed by atoms with Crippen molar-refractivity contribution in [3.63, 3.8) is 0 Å². The molecule has 35 heavy (non-hydrogen) atoms.